The molecule has 0 radical (unpaired) electrons. The van der Waals surface area contributed by atoms with Gasteiger partial charge in [-0.25, -0.2) is 0 Å². The van der Waals surface area contributed by atoms with Gasteiger partial charge in [0.15, 0.2) is 0 Å². The van der Waals surface area contributed by atoms with E-state index in [0.717, 1.165) is 19.0 Å². The minimum Gasteiger partial charge on any atom is -0.317 e. The summed E-state index contributed by atoms with van der Waals surface area (Å²) in [7, 11) is 0. The highest BCUT2D eigenvalue weighted by atomic mass is 14.9. The predicted molar refractivity (Wildman–Crippen MR) is 85.9 cm³/mol. The van der Waals surface area contributed by atoms with Crippen LogP contribution in [0.2, 0.25) is 0 Å². The van der Waals surface area contributed by atoms with E-state index < -0.39 is 0 Å². The maximum absolute atomic E-state index is 3.47. The Hall–Kier alpha value is -1.60. The first kappa shape index (κ1) is 13.4. The second kappa shape index (κ2) is 5.41. The first-order valence-electron chi connectivity index (χ1n) is 7.60. The molecule has 0 amide bonds. The van der Waals surface area contributed by atoms with Crippen molar-refractivity contribution in [2.24, 2.45) is 5.92 Å². The summed E-state index contributed by atoms with van der Waals surface area (Å²) >= 11 is 0. The fourth-order valence-electron chi connectivity index (χ4n) is 3.10. The van der Waals surface area contributed by atoms with Crippen LogP contribution < -0.4 is 5.32 Å². The van der Waals surface area contributed by atoms with Crippen LogP contribution in [0.3, 0.4) is 0 Å². The van der Waals surface area contributed by atoms with E-state index in [9.17, 15) is 0 Å². The average molecular weight is 265 g/mol. The maximum Gasteiger partial charge on any atom is -0.00119 e. The van der Waals surface area contributed by atoms with Crippen molar-refractivity contribution in [1.82, 2.24) is 5.32 Å². The van der Waals surface area contributed by atoms with Crippen LogP contribution in [0.5, 0.6) is 0 Å². The molecule has 104 valence electrons. The van der Waals surface area contributed by atoms with Crippen LogP contribution in [0.1, 0.15) is 25.8 Å². The van der Waals surface area contributed by atoms with Crippen molar-refractivity contribution in [3.63, 3.8) is 0 Å². The van der Waals surface area contributed by atoms with Crippen LogP contribution >= 0.6 is 0 Å². The van der Waals surface area contributed by atoms with Gasteiger partial charge >= 0.3 is 0 Å². The molecule has 2 aromatic carbocycles. The Morgan fingerprint density at radius 2 is 1.65 bits per heavy atom. The van der Waals surface area contributed by atoms with Gasteiger partial charge in [0.2, 0.25) is 0 Å². The number of benzene rings is 2. The Bertz CT molecular complexity index is 558. The SMILES string of the molecule is CCNCC1CC1(C)c1ccc(-c2ccccc2)cc1. The topological polar surface area (TPSA) is 12.0 Å². The van der Waals surface area contributed by atoms with Crippen molar-refractivity contribution in [2.45, 2.75) is 25.7 Å². The lowest BCUT2D eigenvalue weighted by Crippen LogP contribution is -2.19. The molecule has 0 bridgehead atoms. The molecule has 1 N–H and O–H groups in total. The Morgan fingerprint density at radius 3 is 2.30 bits per heavy atom. The normalized spacial score (nSPS) is 24.6. The van der Waals surface area contributed by atoms with Gasteiger partial charge in [0.1, 0.15) is 0 Å². The molecule has 1 aliphatic rings. The van der Waals surface area contributed by atoms with Gasteiger partial charge in [0.05, 0.1) is 0 Å². The van der Waals surface area contributed by atoms with Crippen LogP contribution in [-0.2, 0) is 5.41 Å². The van der Waals surface area contributed by atoms with E-state index in [-0.39, 0.29) is 0 Å². The Balaban J connectivity index is 1.74. The zero-order chi connectivity index (χ0) is 14.0. The number of hydrogen-bond acceptors (Lipinski definition) is 1. The summed E-state index contributed by atoms with van der Waals surface area (Å²) in [5.41, 5.74) is 4.48. The summed E-state index contributed by atoms with van der Waals surface area (Å²) in [6.07, 6.45) is 1.31. The molecule has 1 aliphatic carbocycles. The highest BCUT2D eigenvalue weighted by Crippen LogP contribution is 2.53. The van der Waals surface area contributed by atoms with Crippen LogP contribution in [-0.4, -0.2) is 13.1 Å². The molecular weight excluding hydrogens is 242 g/mol. The van der Waals surface area contributed by atoms with E-state index in [0.29, 0.717) is 5.41 Å². The lowest BCUT2D eigenvalue weighted by Gasteiger charge is -2.13. The fourth-order valence-corrected chi connectivity index (χ4v) is 3.10. The van der Waals surface area contributed by atoms with Crippen LogP contribution in [0.4, 0.5) is 0 Å². The molecule has 2 atom stereocenters. The molecule has 1 heteroatoms. The van der Waals surface area contributed by atoms with Gasteiger partial charge in [-0.1, -0.05) is 68.4 Å². The molecule has 0 aliphatic heterocycles. The largest absolute Gasteiger partial charge is 0.317 e. The van der Waals surface area contributed by atoms with Crippen LogP contribution in [0, 0.1) is 5.92 Å². The lowest BCUT2D eigenvalue weighted by atomic mass is 9.93. The fraction of sp³-hybridized carbons (Fsp3) is 0.368. The summed E-state index contributed by atoms with van der Waals surface area (Å²) in [4.78, 5) is 0. The van der Waals surface area contributed by atoms with Gasteiger partial charge in [-0.15, -0.1) is 0 Å². The van der Waals surface area contributed by atoms with E-state index in [1.54, 1.807) is 0 Å². The summed E-state index contributed by atoms with van der Waals surface area (Å²) in [5, 5.41) is 3.47. The van der Waals surface area contributed by atoms with Crippen LogP contribution in [0.15, 0.2) is 54.6 Å². The van der Waals surface area contributed by atoms with E-state index in [1.807, 2.05) is 0 Å². The van der Waals surface area contributed by atoms with Crippen LogP contribution in [0.25, 0.3) is 11.1 Å². The molecule has 1 saturated carbocycles. The molecule has 2 aromatic rings. The second-order valence-electron chi connectivity index (χ2n) is 6.07. The van der Waals surface area contributed by atoms with E-state index in [2.05, 4.69) is 73.8 Å². The van der Waals surface area contributed by atoms with Gasteiger partial charge in [0, 0.05) is 0 Å². The molecule has 0 heterocycles. The second-order valence-corrected chi connectivity index (χ2v) is 6.07. The monoisotopic (exact) mass is 265 g/mol. The first-order valence-corrected chi connectivity index (χ1v) is 7.60. The van der Waals surface area contributed by atoms with Crippen molar-refractivity contribution in [3.05, 3.63) is 60.2 Å². The summed E-state index contributed by atoms with van der Waals surface area (Å²) in [6.45, 7) is 6.79. The standard InChI is InChI=1S/C19H23N/c1-3-20-14-18-13-19(18,2)17-11-9-16(10-12-17)15-7-5-4-6-8-15/h4-12,18,20H,3,13-14H2,1-2H3. The third-order valence-corrected chi connectivity index (χ3v) is 4.70. The molecule has 20 heavy (non-hydrogen) atoms. The molecule has 3 rings (SSSR count). The van der Waals surface area contributed by atoms with Crippen molar-refractivity contribution < 1.29 is 0 Å². The molecule has 0 saturated heterocycles. The molecule has 2 unspecified atom stereocenters. The van der Waals surface area contributed by atoms with Crippen molar-refractivity contribution in [2.75, 3.05) is 13.1 Å². The minimum atomic E-state index is 0.386. The minimum absolute atomic E-state index is 0.386. The van der Waals surface area contributed by atoms with Gasteiger partial charge in [0.25, 0.3) is 0 Å². The summed E-state index contributed by atoms with van der Waals surface area (Å²) in [5.74, 6) is 0.796. The van der Waals surface area contributed by atoms with E-state index >= 15 is 0 Å². The number of rotatable bonds is 5. The highest BCUT2D eigenvalue weighted by molar-refractivity contribution is 5.63. The van der Waals surface area contributed by atoms with Gasteiger partial charge in [-0.05, 0) is 47.5 Å². The quantitative estimate of drug-likeness (QED) is 0.852. The average Bonchev–Trinajstić information content (AvgIpc) is 3.18. The molecule has 0 aromatic heterocycles. The van der Waals surface area contributed by atoms with Crippen molar-refractivity contribution >= 4 is 0 Å². The Labute approximate surface area is 122 Å². The van der Waals surface area contributed by atoms with Gasteiger partial charge < -0.3 is 5.32 Å². The van der Waals surface area contributed by atoms with E-state index in [4.69, 9.17) is 0 Å². The van der Waals surface area contributed by atoms with E-state index in [1.165, 1.54) is 23.1 Å². The molecule has 1 fully saturated rings. The summed E-state index contributed by atoms with van der Waals surface area (Å²) in [6, 6.07) is 19.7. The molecular formula is C19H23N. The van der Waals surface area contributed by atoms with Gasteiger partial charge in [-0.3, -0.25) is 0 Å². The third-order valence-electron chi connectivity index (χ3n) is 4.70. The number of hydrogen-bond donors (Lipinski definition) is 1. The first-order chi connectivity index (χ1) is 9.74. The smallest absolute Gasteiger partial charge is 0.00119 e. The number of nitrogens with one attached hydrogen (secondary N) is 1. The summed E-state index contributed by atoms with van der Waals surface area (Å²) < 4.78 is 0. The lowest BCUT2D eigenvalue weighted by molar-refractivity contribution is 0.591. The highest BCUT2D eigenvalue weighted by Gasteiger charge is 2.50. The predicted octanol–water partition coefficient (Wildman–Crippen LogP) is 4.24. The van der Waals surface area contributed by atoms with Crippen molar-refractivity contribution in [3.8, 4) is 11.1 Å². The Morgan fingerprint density at radius 1 is 1.00 bits per heavy atom. The molecule has 1 nitrogen and oxygen atoms in total. The zero-order valence-corrected chi connectivity index (χ0v) is 12.4. The zero-order valence-electron chi connectivity index (χ0n) is 12.4. The molecule has 0 spiro atoms. The third kappa shape index (κ3) is 2.51. The van der Waals surface area contributed by atoms with Crippen molar-refractivity contribution in [1.29, 1.82) is 0 Å². The van der Waals surface area contributed by atoms with Gasteiger partial charge in [-0.2, -0.15) is 0 Å². The maximum atomic E-state index is 3.47. The Kier molecular flexibility index (Phi) is 3.62.